The van der Waals surface area contributed by atoms with E-state index in [1.165, 1.54) is 0 Å². The SMILES string of the molecule is COc1cccc(-c2nc(Cl)[nH]c(=O)n2)c1. The quantitative estimate of drug-likeness (QED) is 0.859. The summed E-state index contributed by atoms with van der Waals surface area (Å²) in [4.78, 5) is 21.0. The minimum Gasteiger partial charge on any atom is -0.497 e. The predicted octanol–water partition coefficient (Wildman–Crippen LogP) is 1.49. The molecule has 1 aromatic carbocycles. The van der Waals surface area contributed by atoms with Crippen LogP contribution >= 0.6 is 11.6 Å². The summed E-state index contributed by atoms with van der Waals surface area (Å²) < 4.78 is 5.06. The number of hydrogen-bond acceptors (Lipinski definition) is 4. The van der Waals surface area contributed by atoms with E-state index in [0.29, 0.717) is 11.3 Å². The average molecular weight is 238 g/mol. The molecule has 0 radical (unpaired) electrons. The van der Waals surface area contributed by atoms with Crippen molar-refractivity contribution in [2.24, 2.45) is 0 Å². The molecule has 5 nitrogen and oxygen atoms in total. The molecule has 0 saturated carbocycles. The molecular formula is C10H8ClN3O2. The van der Waals surface area contributed by atoms with Crippen molar-refractivity contribution in [2.75, 3.05) is 7.11 Å². The molecule has 0 aliphatic heterocycles. The zero-order valence-electron chi connectivity index (χ0n) is 8.40. The number of nitrogens with one attached hydrogen (secondary N) is 1. The van der Waals surface area contributed by atoms with E-state index in [1.807, 2.05) is 0 Å². The summed E-state index contributed by atoms with van der Waals surface area (Å²) in [6, 6.07) is 7.07. The smallest absolute Gasteiger partial charge is 0.349 e. The van der Waals surface area contributed by atoms with Crippen molar-refractivity contribution in [2.45, 2.75) is 0 Å². The van der Waals surface area contributed by atoms with E-state index in [2.05, 4.69) is 15.0 Å². The van der Waals surface area contributed by atoms with Crippen LogP contribution in [0, 0.1) is 0 Å². The minimum atomic E-state index is -0.530. The molecule has 2 rings (SSSR count). The molecule has 0 aliphatic carbocycles. The Morgan fingerprint density at radius 2 is 2.19 bits per heavy atom. The average Bonchev–Trinajstić information content (AvgIpc) is 2.28. The molecular weight excluding hydrogens is 230 g/mol. The van der Waals surface area contributed by atoms with Crippen LogP contribution in [0.1, 0.15) is 0 Å². The van der Waals surface area contributed by atoms with E-state index in [1.54, 1.807) is 31.4 Å². The van der Waals surface area contributed by atoms with Gasteiger partial charge in [-0.3, -0.25) is 4.98 Å². The standard InChI is InChI=1S/C10H8ClN3O2/c1-16-7-4-2-3-6(5-7)8-12-9(11)14-10(15)13-8/h2-5H,1H3,(H,12,13,14,15). The van der Waals surface area contributed by atoms with Gasteiger partial charge in [0.2, 0.25) is 5.28 Å². The fraction of sp³-hybridized carbons (Fsp3) is 0.100. The fourth-order valence-electron chi connectivity index (χ4n) is 1.25. The van der Waals surface area contributed by atoms with Crippen LogP contribution in [0.2, 0.25) is 5.28 Å². The fourth-order valence-corrected chi connectivity index (χ4v) is 1.41. The van der Waals surface area contributed by atoms with E-state index in [4.69, 9.17) is 16.3 Å². The first kappa shape index (κ1) is 10.6. The second-order valence-electron chi connectivity index (χ2n) is 3.00. The van der Waals surface area contributed by atoms with Crippen LogP contribution in [-0.4, -0.2) is 22.1 Å². The Hall–Kier alpha value is -1.88. The summed E-state index contributed by atoms with van der Waals surface area (Å²) in [5.74, 6) is 0.935. The van der Waals surface area contributed by atoms with Crippen LogP contribution in [0.3, 0.4) is 0 Å². The Balaban J connectivity index is 2.53. The van der Waals surface area contributed by atoms with Crippen LogP contribution < -0.4 is 10.4 Å². The Morgan fingerprint density at radius 3 is 2.88 bits per heavy atom. The van der Waals surface area contributed by atoms with Crippen molar-refractivity contribution < 1.29 is 4.74 Å². The normalized spacial score (nSPS) is 10.1. The van der Waals surface area contributed by atoms with Gasteiger partial charge < -0.3 is 4.74 Å². The predicted molar refractivity (Wildman–Crippen MR) is 59.7 cm³/mol. The molecule has 0 fully saturated rings. The molecule has 6 heteroatoms. The Bertz CT molecular complexity index is 568. The Labute approximate surface area is 96.1 Å². The van der Waals surface area contributed by atoms with Crippen LogP contribution in [0.15, 0.2) is 29.1 Å². The van der Waals surface area contributed by atoms with E-state index >= 15 is 0 Å². The number of hydrogen-bond donors (Lipinski definition) is 1. The molecule has 0 bridgehead atoms. The number of methoxy groups -OCH3 is 1. The molecule has 0 unspecified atom stereocenters. The molecule has 1 N–H and O–H groups in total. The molecule has 2 aromatic rings. The van der Waals surface area contributed by atoms with Gasteiger partial charge in [0.25, 0.3) is 0 Å². The van der Waals surface area contributed by atoms with Gasteiger partial charge in [0.05, 0.1) is 7.11 Å². The van der Waals surface area contributed by atoms with E-state index in [9.17, 15) is 4.79 Å². The summed E-state index contributed by atoms with van der Waals surface area (Å²) in [5, 5.41) is 0.0119. The van der Waals surface area contributed by atoms with Gasteiger partial charge in [-0.05, 0) is 23.7 Å². The number of benzene rings is 1. The molecule has 1 heterocycles. The van der Waals surface area contributed by atoms with Crippen molar-refractivity contribution in [1.29, 1.82) is 0 Å². The number of nitrogens with zero attached hydrogens (tertiary/aromatic N) is 2. The topological polar surface area (TPSA) is 67.9 Å². The van der Waals surface area contributed by atoms with Crippen LogP contribution in [0.4, 0.5) is 0 Å². The van der Waals surface area contributed by atoms with Crippen molar-refractivity contribution in [1.82, 2.24) is 15.0 Å². The lowest BCUT2D eigenvalue weighted by molar-refractivity contribution is 0.415. The third-order valence-electron chi connectivity index (χ3n) is 1.95. The van der Waals surface area contributed by atoms with Gasteiger partial charge in [-0.1, -0.05) is 12.1 Å². The molecule has 1 aromatic heterocycles. The summed E-state index contributed by atoms with van der Waals surface area (Å²) in [5.41, 5.74) is 0.144. The highest BCUT2D eigenvalue weighted by atomic mass is 35.5. The number of ether oxygens (including phenoxy) is 1. The van der Waals surface area contributed by atoms with E-state index in [0.717, 1.165) is 0 Å². The molecule has 0 amide bonds. The number of halogens is 1. The van der Waals surface area contributed by atoms with Gasteiger partial charge >= 0.3 is 5.69 Å². The first-order chi connectivity index (χ1) is 7.69. The summed E-state index contributed by atoms with van der Waals surface area (Å²) in [7, 11) is 1.56. The summed E-state index contributed by atoms with van der Waals surface area (Å²) >= 11 is 5.64. The third kappa shape index (κ3) is 2.20. The maximum absolute atomic E-state index is 11.1. The van der Waals surface area contributed by atoms with Crippen LogP contribution in [0.25, 0.3) is 11.4 Å². The second-order valence-corrected chi connectivity index (χ2v) is 3.36. The maximum Gasteiger partial charge on any atom is 0.349 e. The van der Waals surface area contributed by atoms with E-state index < -0.39 is 5.69 Å². The molecule has 0 spiro atoms. The Morgan fingerprint density at radius 1 is 1.38 bits per heavy atom. The van der Waals surface area contributed by atoms with Gasteiger partial charge in [-0.25, -0.2) is 4.79 Å². The lowest BCUT2D eigenvalue weighted by Gasteiger charge is -2.02. The largest absolute Gasteiger partial charge is 0.497 e. The molecule has 0 atom stereocenters. The zero-order chi connectivity index (χ0) is 11.5. The highest BCUT2D eigenvalue weighted by Crippen LogP contribution is 2.20. The van der Waals surface area contributed by atoms with Crippen LogP contribution in [0.5, 0.6) is 5.75 Å². The molecule has 0 aliphatic rings. The van der Waals surface area contributed by atoms with Gasteiger partial charge in [0, 0.05) is 5.56 Å². The monoisotopic (exact) mass is 237 g/mol. The number of rotatable bonds is 2. The first-order valence-corrected chi connectivity index (χ1v) is 4.85. The zero-order valence-corrected chi connectivity index (χ0v) is 9.15. The molecule has 16 heavy (non-hydrogen) atoms. The number of aromatic amines is 1. The summed E-state index contributed by atoms with van der Waals surface area (Å²) in [6.45, 7) is 0. The Kier molecular flexibility index (Phi) is 2.87. The van der Waals surface area contributed by atoms with Crippen molar-refractivity contribution in [3.63, 3.8) is 0 Å². The van der Waals surface area contributed by atoms with Gasteiger partial charge in [0.15, 0.2) is 5.82 Å². The lowest BCUT2D eigenvalue weighted by atomic mass is 10.2. The van der Waals surface area contributed by atoms with Crippen molar-refractivity contribution >= 4 is 11.6 Å². The van der Waals surface area contributed by atoms with Crippen molar-refractivity contribution in [3.8, 4) is 17.1 Å². The number of aromatic nitrogens is 3. The van der Waals surface area contributed by atoms with Gasteiger partial charge in [-0.2, -0.15) is 9.97 Å². The third-order valence-corrected chi connectivity index (χ3v) is 2.13. The highest BCUT2D eigenvalue weighted by molar-refractivity contribution is 6.28. The molecule has 82 valence electrons. The number of H-pyrrole nitrogens is 1. The van der Waals surface area contributed by atoms with E-state index in [-0.39, 0.29) is 11.1 Å². The maximum atomic E-state index is 11.1. The molecule has 0 saturated heterocycles. The highest BCUT2D eigenvalue weighted by Gasteiger charge is 2.05. The minimum absolute atomic E-state index is 0.0119. The van der Waals surface area contributed by atoms with Crippen LogP contribution in [-0.2, 0) is 0 Å². The summed E-state index contributed by atoms with van der Waals surface area (Å²) in [6.07, 6.45) is 0. The second kappa shape index (κ2) is 4.32. The first-order valence-electron chi connectivity index (χ1n) is 4.47. The van der Waals surface area contributed by atoms with Gasteiger partial charge in [0.1, 0.15) is 5.75 Å². The van der Waals surface area contributed by atoms with Gasteiger partial charge in [-0.15, -0.1) is 0 Å². The van der Waals surface area contributed by atoms with Crippen molar-refractivity contribution in [3.05, 3.63) is 40.0 Å². The lowest BCUT2D eigenvalue weighted by Crippen LogP contribution is -2.12.